The number of fused-ring (bicyclic) bond motifs is 1. The van der Waals surface area contributed by atoms with Gasteiger partial charge in [-0.3, -0.25) is 14.6 Å². The van der Waals surface area contributed by atoms with E-state index in [-0.39, 0.29) is 18.3 Å². The van der Waals surface area contributed by atoms with E-state index in [9.17, 15) is 4.79 Å². The van der Waals surface area contributed by atoms with E-state index in [1.807, 2.05) is 67.6 Å². The molecule has 0 unspecified atom stereocenters. The van der Waals surface area contributed by atoms with Crippen molar-refractivity contribution in [1.29, 1.82) is 0 Å². The predicted octanol–water partition coefficient (Wildman–Crippen LogP) is 6.45. The summed E-state index contributed by atoms with van der Waals surface area (Å²) < 4.78 is 12.4. The van der Waals surface area contributed by atoms with Crippen molar-refractivity contribution in [2.75, 3.05) is 44.3 Å². The number of hydrogen-bond donors (Lipinski definition) is 0. The Morgan fingerprint density at radius 2 is 1.83 bits per heavy atom. The van der Waals surface area contributed by atoms with Crippen LogP contribution in [-0.4, -0.2) is 55.2 Å². The third kappa shape index (κ3) is 6.17. The number of carbonyl (C=O) groups is 1. The van der Waals surface area contributed by atoms with Crippen LogP contribution in [-0.2, 0) is 4.74 Å². The van der Waals surface area contributed by atoms with Gasteiger partial charge in [-0.1, -0.05) is 47.2 Å². The van der Waals surface area contributed by atoms with Gasteiger partial charge in [-0.2, -0.15) is 0 Å². The van der Waals surface area contributed by atoms with Crippen LogP contribution in [0.5, 0.6) is 11.5 Å². The van der Waals surface area contributed by atoms with Gasteiger partial charge in [-0.05, 0) is 55.0 Å². The molecule has 0 radical (unpaired) electrons. The molecule has 1 amide bonds. The molecule has 6 nitrogen and oxygen atoms in total. The van der Waals surface area contributed by atoms with E-state index in [4.69, 9.17) is 26.1 Å². The van der Waals surface area contributed by atoms with Crippen LogP contribution in [0.2, 0.25) is 5.02 Å². The number of aryl methyl sites for hydroxylation is 1. The van der Waals surface area contributed by atoms with Gasteiger partial charge in [0.15, 0.2) is 5.13 Å². The highest BCUT2D eigenvalue weighted by Gasteiger charge is 2.24. The molecule has 0 aliphatic carbocycles. The van der Waals surface area contributed by atoms with Gasteiger partial charge in [0, 0.05) is 36.8 Å². The maximum Gasteiger partial charge on any atom is 0.260 e. The number of aromatic nitrogens is 1. The Bertz CT molecular complexity index is 1330. The van der Waals surface area contributed by atoms with E-state index in [1.54, 1.807) is 11.0 Å². The molecule has 1 aromatic heterocycles. The van der Waals surface area contributed by atoms with Crippen molar-refractivity contribution in [2.24, 2.45) is 0 Å². The van der Waals surface area contributed by atoms with E-state index < -0.39 is 0 Å². The third-order valence-electron chi connectivity index (χ3n) is 5.92. The summed E-state index contributed by atoms with van der Waals surface area (Å²) in [5.41, 5.74) is 2.42. The Balaban J connectivity index is 0.00000304. The molecule has 0 bridgehead atoms. The highest BCUT2D eigenvalue weighted by molar-refractivity contribution is 7.22. The third-order valence-corrected chi connectivity index (χ3v) is 7.16. The van der Waals surface area contributed by atoms with Crippen LogP contribution in [0, 0.1) is 6.92 Å². The molecule has 0 saturated carbocycles. The lowest BCUT2D eigenvalue weighted by Gasteiger charge is -2.29. The highest BCUT2D eigenvalue weighted by atomic mass is 35.5. The number of hydrogen-bond acceptors (Lipinski definition) is 6. The lowest BCUT2D eigenvalue weighted by Crippen LogP contribution is -2.43. The lowest BCUT2D eigenvalue weighted by molar-refractivity contribution is 0.0391. The fraction of sp³-hybridized carbons (Fsp3) is 0.259. The van der Waals surface area contributed by atoms with Gasteiger partial charge in [-0.25, -0.2) is 4.98 Å². The van der Waals surface area contributed by atoms with Crippen molar-refractivity contribution in [2.45, 2.75) is 6.92 Å². The molecule has 3 aromatic carbocycles. The zero-order valence-corrected chi connectivity index (χ0v) is 22.2. The van der Waals surface area contributed by atoms with Crippen molar-refractivity contribution in [1.82, 2.24) is 9.88 Å². The highest BCUT2D eigenvalue weighted by Crippen LogP contribution is 2.34. The normalized spacial score (nSPS) is 13.8. The van der Waals surface area contributed by atoms with Gasteiger partial charge < -0.3 is 9.47 Å². The summed E-state index contributed by atoms with van der Waals surface area (Å²) in [5, 5.41) is 1.33. The number of para-hydroxylation sites is 1. The summed E-state index contributed by atoms with van der Waals surface area (Å²) >= 11 is 7.77. The van der Waals surface area contributed by atoms with Crippen molar-refractivity contribution in [3.05, 3.63) is 82.9 Å². The molecule has 2 heterocycles. The Kier molecular flexibility index (Phi) is 8.82. The first-order chi connectivity index (χ1) is 17.1. The quantitative estimate of drug-likeness (QED) is 0.268. The number of halogens is 2. The molecule has 9 heteroatoms. The number of anilines is 1. The first-order valence-electron chi connectivity index (χ1n) is 11.6. The summed E-state index contributed by atoms with van der Waals surface area (Å²) in [6, 6.07) is 20.6. The molecule has 36 heavy (non-hydrogen) atoms. The van der Waals surface area contributed by atoms with Crippen molar-refractivity contribution < 1.29 is 14.3 Å². The van der Waals surface area contributed by atoms with Crippen molar-refractivity contribution in [3.63, 3.8) is 0 Å². The Morgan fingerprint density at radius 3 is 2.61 bits per heavy atom. The molecular formula is C27H27Cl2N3O3S. The zero-order valence-electron chi connectivity index (χ0n) is 19.9. The summed E-state index contributed by atoms with van der Waals surface area (Å²) in [5.74, 6) is 1.22. The van der Waals surface area contributed by atoms with Gasteiger partial charge in [-0.15, -0.1) is 12.4 Å². The second kappa shape index (κ2) is 12.0. The summed E-state index contributed by atoms with van der Waals surface area (Å²) in [6.07, 6.45) is 0. The fourth-order valence-electron chi connectivity index (χ4n) is 4.08. The minimum absolute atomic E-state index is 0. The van der Waals surface area contributed by atoms with Crippen molar-refractivity contribution in [3.8, 4) is 11.5 Å². The number of benzene rings is 3. The van der Waals surface area contributed by atoms with Crippen LogP contribution < -0.4 is 9.64 Å². The predicted molar refractivity (Wildman–Crippen MR) is 149 cm³/mol. The Hall–Kier alpha value is -2.68. The van der Waals surface area contributed by atoms with Gasteiger partial charge in [0.2, 0.25) is 0 Å². The number of carbonyl (C=O) groups excluding carboxylic acids is 1. The van der Waals surface area contributed by atoms with Crippen LogP contribution in [0.25, 0.3) is 10.2 Å². The largest absolute Gasteiger partial charge is 0.457 e. The topological polar surface area (TPSA) is 54.9 Å². The van der Waals surface area contributed by atoms with Crippen LogP contribution in [0.1, 0.15) is 15.9 Å². The average molecular weight is 545 g/mol. The first-order valence-corrected chi connectivity index (χ1v) is 12.8. The van der Waals surface area contributed by atoms with E-state index in [2.05, 4.69) is 4.90 Å². The maximum absolute atomic E-state index is 13.8. The SMILES string of the molecule is Cc1cc(Cl)cc2sc(N(CCN3CCOCC3)C(=O)c3cccc(Oc4ccccc4)c3)nc12.Cl. The van der Waals surface area contributed by atoms with Gasteiger partial charge in [0.05, 0.1) is 23.4 Å². The van der Waals surface area contributed by atoms with E-state index in [1.165, 1.54) is 11.3 Å². The zero-order chi connectivity index (χ0) is 24.2. The van der Waals surface area contributed by atoms with Gasteiger partial charge >= 0.3 is 0 Å². The molecule has 1 aliphatic heterocycles. The monoisotopic (exact) mass is 543 g/mol. The summed E-state index contributed by atoms with van der Waals surface area (Å²) in [4.78, 5) is 22.8. The van der Waals surface area contributed by atoms with Crippen LogP contribution in [0.15, 0.2) is 66.7 Å². The summed E-state index contributed by atoms with van der Waals surface area (Å²) in [6.45, 7) is 6.40. The maximum atomic E-state index is 13.8. The molecule has 1 saturated heterocycles. The molecule has 0 N–H and O–H groups in total. The fourth-order valence-corrected chi connectivity index (χ4v) is 5.53. The van der Waals surface area contributed by atoms with Gasteiger partial charge in [0.25, 0.3) is 5.91 Å². The minimum Gasteiger partial charge on any atom is -0.457 e. The second-order valence-corrected chi connectivity index (χ2v) is 9.87. The number of amides is 1. The summed E-state index contributed by atoms with van der Waals surface area (Å²) in [7, 11) is 0. The minimum atomic E-state index is -0.112. The Labute approximate surface area is 225 Å². The van der Waals surface area contributed by atoms with E-state index >= 15 is 0 Å². The molecule has 188 valence electrons. The standard InChI is InChI=1S/C27H26ClN3O3S.ClH/c1-19-16-21(28)18-24-25(19)29-27(35-24)31(11-10-30-12-14-33-15-13-30)26(32)20-6-5-9-23(17-20)34-22-7-3-2-4-8-22;/h2-9,16-18H,10-15H2,1H3;1H. The molecule has 1 aliphatic rings. The Morgan fingerprint density at radius 1 is 1.08 bits per heavy atom. The number of rotatable bonds is 7. The molecule has 0 spiro atoms. The number of ether oxygens (including phenoxy) is 2. The van der Waals surface area contributed by atoms with Crippen LogP contribution in [0.3, 0.4) is 0 Å². The molecule has 5 rings (SSSR count). The van der Waals surface area contributed by atoms with E-state index in [0.29, 0.717) is 41.2 Å². The smallest absolute Gasteiger partial charge is 0.260 e. The molecule has 4 aromatic rings. The lowest BCUT2D eigenvalue weighted by atomic mass is 10.2. The molecular weight excluding hydrogens is 517 g/mol. The van der Waals surface area contributed by atoms with Crippen LogP contribution >= 0.6 is 35.3 Å². The molecule has 1 fully saturated rings. The number of nitrogens with zero attached hydrogens (tertiary/aromatic N) is 3. The van der Waals surface area contributed by atoms with Crippen molar-refractivity contribution >= 4 is 56.6 Å². The number of thiazole rings is 1. The average Bonchev–Trinajstić information content (AvgIpc) is 3.29. The number of morpholine rings is 1. The van der Waals surface area contributed by atoms with Crippen LogP contribution in [0.4, 0.5) is 5.13 Å². The first kappa shape index (κ1) is 26.4. The second-order valence-electron chi connectivity index (χ2n) is 8.42. The van der Waals surface area contributed by atoms with Gasteiger partial charge in [0.1, 0.15) is 11.5 Å². The molecule has 0 atom stereocenters. The van der Waals surface area contributed by atoms with E-state index in [0.717, 1.165) is 41.2 Å².